The van der Waals surface area contributed by atoms with Crippen LogP contribution in [0.25, 0.3) is 0 Å². The lowest BCUT2D eigenvalue weighted by molar-refractivity contribution is 0.0697. The van der Waals surface area contributed by atoms with Crippen LogP contribution in [0.4, 0.5) is 5.82 Å². The normalized spacial score (nSPS) is 17.3. The van der Waals surface area contributed by atoms with Crippen LogP contribution in [0, 0.1) is 5.92 Å². The van der Waals surface area contributed by atoms with Crippen molar-refractivity contribution in [2.45, 2.75) is 19.8 Å². The van der Waals surface area contributed by atoms with Crippen LogP contribution < -0.4 is 5.32 Å². The number of carboxylic acids is 1. The number of nitrogens with zero attached hydrogens (tertiary/aromatic N) is 3. The Kier molecular flexibility index (Phi) is 4.68. The first-order valence-electron chi connectivity index (χ1n) is 6.72. The van der Waals surface area contributed by atoms with Crippen molar-refractivity contribution in [2.75, 3.05) is 31.5 Å². The maximum absolute atomic E-state index is 11.0. The number of hydrogen-bond acceptors (Lipinski definition) is 5. The summed E-state index contributed by atoms with van der Waals surface area (Å²) >= 11 is 0. The van der Waals surface area contributed by atoms with Gasteiger partial charge < -0.3 is 15.3 Å². The van der Waals surface area contributed by atoms with Gasteiger partial charge in [-0.25, -0.2) is 4.79 Å². The van der Waals surface area contributed by atoms with Gasteiger partial charge in [0.05, 0.1) is 6.20 Å². The molecule has 6 nitrogen and oxygen atoms in total. The molecule has 0 atom stereocenters. The molecule has 1 aromatic heterocycles. The lowest BCUT2D eigenvalue weighted by Crippen LogP contribution is -2.35. The summed E-state index contributed by atoms with van der Waals surface area (Å²) in [6.45, 7) is 6.28. The molecule has 1 saturated heterocycles. The molecule has 0 bridgehead atoms. The molecule has 2 N–H and O–H groups in total. The van der Waals surface area contributed by atoms with E-state index in [1.54, 1.807) is 0 Å². The highest BCUT2D eigenvalue weighted by Gasteiger charge is 2.19. The fourth-order valence-electron chi connectivity index (χ4n) is 2.38. The number of nitrogens with one attached hydrogen (secondary N) is 1. The first kappa shape index (κ1) is 13.7. The number of carbonyl (C=O) groups is 1. The molecular weight excluding hydrogens is 244 g/mol. The predicted octanol–water partition coefficient (Wildman–Crippen LogP) is 1.32. The van der Waals surface area contributed by atoms with E-state index in [2.05, 4.69) is 27.3 Å². The van der Waals surface area contributed by atoms with Crippen LogP contribution in [-0.4, -0.2) is 52.4 Å². The van der Waals surface area contributed by atoms with E-state index in [1.165, 1.54) is 12.3 Å². The number of aromatic nitrogens is 2. The standard InChI is InChI=1S/C13H20N4O2/c1-2-17-7-4-10(5-8-17)9-14-12-11(13(18)19)3-6-15-16-12/h3,6,10H,2,4-5,7-9H2,1H3,(H,14,16)(H,18,19). The van der Waals surface area contributed by atoms with Crippen molar-refractivity contribution in [3.63, 3.8) is 0 Å². The Balaban J connectivity index is 1.88. The van der Waals surface area contributed by atoms with Gasteiger partial charge in [-0.3, -0.25) is 0 Å². The van der Waals surface area contributed by atoms with E-state index in [1.807, 2.05) is 0 Å². The van der Waals surface area contributed by atoms with E-state index >= 15 is 0 Å². The average molecular weight is 264 g/mol. The molecule has 0 unspecified atom stereocenters. The van der Waals surface area contributed by atoms with Gasteiger partial charge in [-0.2, -0.15) is 5.10 Å². The zero-order chi connectivity index (χ0) is 13.7. The molecule has 0 spiro atoms. The van der Waals surface area contributed by atoms with Crippen molar-refractivity contribution >= 4 is 11.8 Å². The van der Waals surface area contributed by atoms with Crippen LogP contribution in [0.3, 0.4) is 0 Å². The Morgan fingerprint density at radius 1 is 1.53 bits per heavy atom. The molecule has 6 heteroatoms. The third-order valence-corrected chi connectivity index (χ3v) is 3.66. The van der Waals surface area contributed by atoms with Crippen molar-refractivity contribution in [2.24, 2.45) is 5.92 Å². The third-order valence-electron chi connectivity index (χ3n) is 3.66. The summed E-state index contributed by atoms with van der Waals surface area (Å²) < 4.78 is 0. The Hall–Kier alpha value is -1.69. The van der Waals surface area contributed by atoms with Gasteiger partial charge in [-0.15, -0.1) is 5.10 Å². The van der Waals surface area contributed by atoms with E-state index in [4.69, 9.17) is 5.11 Å². The molecule has 1 fully saturated rings. The molecule has 1 aromatic rings. The van der Waals surface area contributed by atoms with Gasteiger partial charge in [-0.1, -0.05) is 6.92 Å². The minimum absolute atomic E-state index is 0.181. The van der Waals surface area contributed by atoms with Crippen LogP contribution in [-0.2, 0) is 0 Å². The van der Waals surface area contributed by atoms with Crippen LogP contribution in [0.1, 0.15) is 30.1 Å². The molecule has 0 aromatic carbocycles. The van der Waals surface area contributed by atoms with Gasteiger partial charge in [0.15, 0.2) is 5.82 Å². The van der Waals surface area contributed by atoms with Crippen LogP contribution in [0.15, 0.2) is 12.3 Å². The fourth-order valence-corrected chi connectivity index (χ4v) is 2.38. The van der Waals surface area contributed by atoms with Crippen molar-refractivity contribution in [1.82, 2.24) is 15.1 Å². The van der Waals surface area contributed by atoms with Crippen LogP contribution in [0.2, 0.25) is 0 Å². The van der Waals surface area contributed by atoms with E-state index in [0.717, 1.165) is 39.0 Å². The summed E-state index contributed by atoms with van der Waals surface area (Å²) in [4.78, 5) is 13.5. The number of likely N-dealkylation sites (tertiary alicyclic amines) is 1. The van der Waals surface area contributed by atoms with Gasteiger partial charge in [0.1, 0.15) is 5.56 Å². The lowest BCUT2D eigenvalue weighted by atomic mass is 9.97. The van der Waals surface area contributed by atoms with Crippen molar-refractivity contribution in [3.8, 4) is 0 Å². The van der Waals surface area contributed by atoms with Crippen molar-refractivity contribution in [1.29, 1.82) is 0 Å². The van der Waals surface area contributed by atoms with Crippen LogP contribution >= 0.6 is 0 Å². The van der Waals surface area contributed by atoms with E-state index in [0.29, 0.717) is 11.7 Å². The number of rotatable bonds is 5. The summed E-state index contributed by atoms with van der Waals surface area (Å²) in [7, 11) is 0. The van der Waals surface area contributed by atoms with E-state index in [9.17, 15) is 4.79 Å². The van der Waals surface area contributed by atoms with Crippen LogP contribution in [0.5, 0.6) is 0 Å². The molecule has 0 aliphatic carbocycles. The minimum Gasteiger partial charge on any atom is -0.478 e. The van der Waals surface area contributed by atoms with Gasteiger partial charge >= 0.3 is 5.97 Å². The molecular formula is C13H20N4O2. The Morgan fingerprint density at radius 3 is 2.89 bits per heavy atom. The number of piperidine rings is 1. The molecule has 2 rings (SSSR count). The number of hydrogen-bond donors (Lipinski definition) is 2. The summed E-state index contributed by atoms with van der Waals surface area (Å²) in [5, 5.41) is 19.8. The summed E-state index contributed by atoms with van der Waals surface area (Å²) in [5.74, 6) is -0.0300. The highest BCUT2D eigenvalue weighted by Crippen LogP contribution is 2.18. The Bertz CT molecular complexity index is 430. The topological polar surface area (TPSA) is 78.3 Å². The Morgan fingerprint density at radius 2 is 2.26 bits per heavy atom. The molecule has 1 aliphatic rings. The largest absolute Gasteiger partial charge is 0.478 e. The fraction of sp³-hybridized carbons (Fsp3) is 0.615. The maximum Gasteiger partial charge on any atom is 0.339 e. The molecule has 104 valence electrons. The van der Waals surface area contributed by atoms with Crippen molar-refractivity contribution < 1.29 is 9.90 Å². The van der Waals surface area contributed by atoms with Gasteiger partial charge in [0.25, 0.3) is 0 Å². The van der Waals surface area contributed by atoms with E-state index < -0.39 is 5.97 Å². The minimum atomic E-state index is -0.974. The van der Waals surface area contributed by atoms with Crippen molar-refractivity contribution in [3.05, 3.63) is 17.8 Å². The summed E-state index contributed by atoms with van der Waals surface area (Å²) in [6.07, 6.45) is 3.68. The second kappa shape index (κ2) is 6.47. The average Bonchev–Trinajstić information content (AvgIpc) is 2.46. The molecule has 0 saturated carbocycles. The smallest absolute Gasteiger partial charge is 0.339 e. The van der Waals surface area contributed by atoms with Gasteiger partial charge in [0, 0.05) is 6.54 Å². The molecule has 1 aliphatic heterocycles. The zero-order valence-electron chi connectivity index (χ0n) is 11.2. The second-order valence-corrected chi connectivity index (χ2v) is 4.86. The molecule has 2 heterocycles. The van der Waals surface area contributed by atoms with Gasteiger partial charge in [-0.05, 0) is 44.5 Å². The zero-order valence-corrected chi connectivity index (χ0v) is 11.2. The molecule has 0 radical (unpaired) electrons. The molecule has 0 amide bonds. The monoisotopic (exact) mass is 264 g/mol. The Labute approximate surface area is 112 Å². The highest BCUT2D eigenvalue weighted by atomic mass is 16.4. The maximum atomic E-state index is 11.0. The summed E-state index contributed by atoms with van der Waals surface area (Å²) in [6, 6.07) is 1.47. The SMILES string of the molecule is CCN1CCC(CNc2nnccc2C(=O)O)CC1. The second-order valence-electron chi connectivity index (χ2n) is 4.86. The summed E-state index contributed by atoms with van der Waals surface area (Å²) in [5.41, 5.74) is 0.181. The number of aromatic carboxylic acids is 1. The highest BCUT2D eigenvalue weighted by molar-refractivity contribution is 5.92. The first-order chi connectivity index (χ1) is 9.20. The molecule has 19 heavy (non-hydrogen) atoms. The first-order valence-corrected chi connectivity index (χ1v) is 6.72. The number of anilines is 1. The number of carboxylic acid groups (broad SMARTS) is 1. The quantitative estimate of drug-likeness (QED) is 0.835. The van der Waals surface area contributed by atoms with E-state index in [-0.39, 0.29) is 5.56 Å². The third kappa shape index (κ3) is 3.64. The predicted molar refractivity (Wildman–Crippen MR) is 72.3 cm³/mol. The van der Waals surface area contributed by atoms with Gasteiger partial charge in [0.2, 0.25) is 0 Å². The lowest BCUT2D eigenvalue weighted by Gasteiger charge is -2.31.